The first kappa shape index (κ1) is 15.5. The zero-order chi connectivity index (χ0) is 17.8. The lowest BCUT2D eigenvalue weighted by atomic mass is 9.90. The van der Waals surface area contributed by atoms with E-state index in [9.17, 15) is 4.79 Å². The van der Waals surface area contributed by atoms with Gasteiger partial charge in [-0.3, -0.25) is 4.79 Å². The van der Waals surface area contributed by atoms with Crippen LogP contribution in [-0.4, -0.2) is 25.2 Å². The molecule has 5 rings (SSSR count). The van der Waals surface area contributed by atoms with Gasteiger partial charge in [0.15, 0.2) is 0 Å². The van der Waals surface area contributed by atoms with Gasteiger partial charge in [0.05, 0.1) is 11.3 Å². The Kier molecular flexibility index (Phi) is 3.34. The summed E-state index contributed by atoms with van der Waals surface area (Å²) < 4.78 is 6.03. The Morgan fingerprint density at radius 1 is 1.23 bits per heavy atom. The predicted molar refractivity (Wildman–Crippen MR) is 101 cm³/mol. The second-order valence-corrected chi connectivity index (χ2v) is 7.21. The average molecular weight is 347 g/mol. The van der Waals surface area contributed by atoms with Crippen LogP contribution in [0.25, 0.3) is 6.08 Å². The highest BCUT2D eigenvalue weighted by atomic mass is 16.5. The summed E-state index contributed by atoms with van der Waals surface area (Å²) in [4.78, 5) is 15.0. The van der Waals surface area contributed by atoms with Crippen LogP contribution in [0.1, 0.15) is 39.5 Å². The minimum absolute atomic E-state index is 0.0206. The number of benzene rings is 2. The molecule has 132 valence electrons. The minimum Gasteiger partial charge on any atom is -0.488 e. The molecule has 0 radical (unpaired) electrons. The smallest absolute Gasteiger partial charge is 0.255 e. The summed E-state index contributed by atoms with van der Waals surface area (Å²) in [6.45, 7) is 3.34. The first-order valence-corrected chi connectivity index (χ1v) is 9.02. The van der Waals surface area contributed by atoms with Crippen LogP contribution in [0.15, 0.2) is 42.0 Å². The van der Waals surface area contributed by atoms with Crippen LogP contribution in [0, 0.1) is 6.92 Å². The maximum absolute atomic E-state index is 12.7. The van der Waals surface area contributed by atoms with Crippen molar-refractivity contribution in [2.75, 3.05) is 18.1 Å². The molecule has 2 atom stereocenters. The first-order chi connectivity index (χ1) is 12.6. The highest BCUT2D eigenvalue weighted by Crippen LogP contribution is 2.40. The Bertz CT molecular complexity index is 950. The number of anilines is 1. The monoisotopic (exact) mass is 347 g/mol. The first-order valence-electron chi connectivity index (χ1n) is 9.02. The molecule has 0 aromatic heterocycles. The SMILES string of the molecule is Cc1cccc2c1OCC([C@@H]1NC(=O)c3cccc4c3N1CC[C@@H]4N)=C2. The number of hydrogen-bond donors (Lipinski definition) is 2. The van der Waals surface area contributed by atoms with Crippen LogP contribution in [0.2, 0.25) is 0 Å². The number of fused-ring (bicyclic) bond motifs is 1. The van der Waals surface area contributed by atoms with Gasteiger partial charge in [-0.1, -0.05) is 30.3 Å². The van der Waals surface area contributed by atoms with Gasteiger partial charge in [0.25, 0.3) is 5.91 Å². The second kappa shape index (κ2) is 5.61. The molecule has 0 bridgehead atoms. The zero-order valence-corrected chi connectivity index (χ0v) is 14.7. The third-order valence-corrected chi connectivity index (χ3v) is 5.58. The van der Waals surface area contributed by atoms with Gasteiger partial charge in [0.2, 0.25) is 0 Å². The van der Waals surface area contributed by atoms with Crippen LogP contribution in [0.5, 0.6) is 5.75 Å². The molecule has 5 heteroatoms. The molecule has 0 saturated carbocycles. The molecule has 3 N–H and O–H groups in total. The van der Waals surface area contributed by atoms with Gasteiger partial charge in [0.1, 0.15) is 18.5 Å². The van der Waals surface area contributed by atoms with E-state index in [1.54, 1.807) is 0 Å². The molecule has 0 fully saturated rings. The van der Waals surface area contributed by atoms with Crippen molar-refractivity contribution in [3.05, 3.63) is 64.2 Å². The number of rotatable bonds is 1. The molecule has 2 aromatic rings. The standard InChI is InChI=1S/C21H21N3O2/c1-12-4-2-5-13-10-14(11-26-19(12)13)20-23-21(25)16-7-3-6-15-17(22)8-9-24(20)18(15)16/h2-7,10,17,20H,8-9,11,22H2,1H3,(H,23,25)/t17-,20+/m0/s1. The summed E-state index contributed by atoms with van der Waals surface area (Å²) in [7, 11) is 0. The van der Waals surface area contributed by atoms with E-state index in [1.807, 2.05) is 24.3 Å². The van der Waals surface area contributed by atoms with Crippen LogP contribution in [0.3, 0.4) is 0 Å². The van der Waals surface area contributed by atoms with E-state index in [1.165, 1.54) is 0 Å². The van der Waals surface area contributed by atoms with Gasteiger partial charge in [-0.15, -0.1) is 0 Å². The fraction of sp³-hybridized carbons (Fsp3) is 0.286. The van der Waals surface area contributed by atoms with E-state index in [0.717, 1.165) is 46.7 Å². The quantitative estimate of drug-likeness (QED) is 0.832. The number of para-hydroxylation sites is 2. The summed E-state index contributed by atoms with van der Waals surface area (Å²) in [5.41, 5.74) is 12.3. The second-order valence-electron chi connectivity index (χ2n) is 7.21. The number of hydrogen-bond acceptors (Lipinski definition) is 4. The third-order valence-electron chi connectivity index (χ3n) is 5.58. The van der Waals surface area contributed by atoms with Gasteiger partial charge in [-0.25, -0.2) is 0 Å². The summed E-state index contributed by atoms with van der Waals surface area (Å²) in [6, 6.07) is 11.9. The lowest BCUT2D eigenvalue weighted by molar-refractivity contribution is 0.0930. The normalized spacial score (nSPS) is 23.4. The number of aryl methyl sites for hydroxylation is 1. The molecule has 0 unspecified atom stereocenters. The van der Waals surface area contributed by atoms with E-state index in [-0.39, 0.29) is 18.1 Å². The fourth-order valence-corrected chi connectivity index (χ4v) is 4.28. The van der Waals surface area contributed by atoms with E-state index in [2.05, 4.69) is 35.3 Å². The molecule has 3 aliphatic rings. The van der Waals surface area contributed by atoms with Gasteiger partial charge < -0.3 is 20.7 Å². The number of carbonyl (C=O) groups is 1. The molecule has 5 nitrogen and oxygen atoms in total. The van der Waals surface area contributed by atoms with Crippen LogP contribution in [-0.2, 0) is 0 Å². The van der Waals surface area contributed by atoms with Crippen molar-refractivity contribution in [2.24, 2.45) is 5.73 Å². The zero-order valence-electron chi connectivity index (χ0n) is 14.7. The van der Waals surface area contributed by atoms with Crippen molar-refractivity contribution in [1.29, 1.82) is 0 Å². The number of amides is 1. The molecule has 2 aromatic carbocycles. The Balaban J connectivity index is 1.60. The van der Waals surface area contributed by atoms with Crippen LogP contribution >= 0.6 is 0 Å². The molecule has 1 amide bonds. The van der Waals surface area contributed by atoms with E-state index >= 15 is 0 Å². The molecule has 0 aliphatic carbocycles. The van der Waals surface area contributed by atoms with Crippen molar-refractivity contribution < 1.29 is 9.53 Å². The van der Waals surface area contributed by atoms with Gasteiger partial charge in [-0.05, 0) is 36.6 Å². The number of carbonyl (C=O) groups excluding carboxylic acids is 1. The summed E-state index contributed by atoms with van der Waals surface area (Å²) in [5, 5.41) is 3.16. The molecule has 0 saturated heterocycles. The van der Waals surface area contributed by atoms with Crippen LogP contribution < -0.4 is 20.7 Å². The number of ether oxygens (including phenoxy) is 1. The van der Waals surface area contributed by atoms with Gasteiger partial charge in [0, 0.05) is 23.7 Å². The van der Waals surface area contributed by atoms with Crippen molar-refractivity contribution in [2.45, 2.75) is 25.6 Å². The van der Waals surface area contributed by atoms with Gasteiger partial charge in [-0.2, -0.15) is 0 Å². The number of nitrogens with zero attached hydrogens (tertiary/aromatic N) is 1. The van der Waals surface area contributed by atoms with Gasteiger partial charge >= 0.3 is 0 Å². The third kappa shape index (κ3) is 2.17. The Labute approximate surface area is 152 Å². The summed E-state index contributed by atoms with van der Waals surface area (Å²) >= 11 is 0. The average Bonchev–Trinajstić information content (AvgIpc) is 2.66. The molecule has 3 aliphatic heterocycles. The maximum Gasteiger partial charge on any atom is 0.255 e. The number of nitrogens with one attached hydrogen (secondary N) is 1. The summed E-state index contributed by atoms with van der Waals surface area (Å²) in [6.07, 6.45) is 2.82. The highest BCUT2D eigenvalue weighted by Gasteiger charge is 2.38. The Morgan fingerprint density at radius 2 is 2.08 bits per heavy atom. The largest absolute Gasteiger partial charge is 0.488 e. The van der Waals surface area contributed by atoms with E-state index < -0.39 is 0 Å². The predicted octanol–water partition coefficient (Wildman–Crippen LogP) is 2.75. The van der Waals surface area contributed by atoms with Crippen molar-refractivity contribution in [3.63, 3.8) is 0 Å². The van der Waals surface area contributed by atoms with E-state index in [4.69, 9.17) is 10.5 Å². The molecule has 3 heterocycles. The van der Waals surface area contributed by atoms with Crippen molar-refractivity contribution >= 4 is 17.7 Å². The van der Waals surface area contributed by atoms with Crippen LogP contribution in [0.4, 0.5) is 5.69 Å². The topological polar surface area (TPSA) is 67.6 Å². The van der Waals surface area contributed by atoms with Crippen molar-refractivity contribution in [3.8, 4) is 5.75 Å². The Hall–Kier alpha value is -2.79. The van der Waals surface area contributed by atoms with E-state index in [0.29, 0.717) is 12.2 Å². The molecule has 0 spiro atoms. The summed E-state index contributed by atoms with van der Waals surface area (Å²) in [5.74, 6) is 0.883. The molecule has 26 heavy (non-hydrogen) atoms. The highest BCUT2D eigenvalue weighted by molar-refractivity contribution is 6.03. The minimum atomic E-state index is -0.197. The van der Waals surface area contributed by atoms with Crippen molar-refractivity contribution in [1.82, 2.24) is 5.32 Å². The Morgan fingerprint density at radius 3 is 2.96 bits per heavy atom. The molecular formula is C21H21N3O2. The number of nitrogens with two attached hydrogens (primary N) is 1. The maximum atomic E-state index is 12.7. The molecular weight excluding hydrogens is 326 g/mol. The lowest BCUT2D eigenvalue weighted by Crippen LogP contribution is -2.57. The lowest BCUT2D eigenvalue weighted by Gasteiger charge is -2.45. The fourth-order valence-electron chi connectivity index (χ4n) is 4.28.